The van der Waals surface area contributed by atoms with Crippen molar-refractivity contribution in [3.8, 4) is 5.75 Å². The van der Waals surface area contributed by atoms with Crippen molar-refractivity contribution in [1.82, 2.24) is 14.9 Å². The highest BCUT2D eigenvalue weighted by atomic mass is 35.5. The summed E-state index contributed by atoms with van der Waals surface area (Å²) < 4.78 is 18.7. The lowest BCUT2D eigenvalue weighted by Gasteiger charge is -2.30. The average Bonchev–Trinajstić information content (AvgIpc) is 2.79. The highest BCUT2D eigenvalue weighted by Crippen LogP contribution is 2.23. The van der Waals surface area contributed by atoms with Crippen LogP contribution >= 0.6 is 23.2 Å². The predicted molar refractivity (Wildman–Crippen MR) is 120 cm³/mol. The third-order valence-corrected chi connectivity index (χ3v) is 5.93. The molecule has 2 aromatic carbocycles. The minimum absolute atomic E-state index is 0.0689. The molecule has 0 unspecified atom stereocenters. The molecule has 164 valence electrons. The Morgan fingerprint density at radius 1 is 1.16 bits per heavy atom. The number of nitrogens with one attached hydrogen (secondary N) is 1. The van der Waals surface area contributed by atoms with Crippen LogP contribution in [0, 0.1) is 0 Å². The van der Waals surface area contributed by atoms with Gasteiger partial charge in [0.15, 0.2) is 6.29 Å². The second kappa shape index (κ2) is 9.97. The zero-order chi connectivity index (χ0) is 21.8. The number of ether oxygens (including phenoxy) is 3. The normalized spacial score (nSPS) is 18.9. The van der Waals surface area contributed by atoms with Gasteiger partial charge in [-0.25, -0.2) is 4.98 Å². The van der Waals surface area contributed by atoms with Gasteiger partial charge in [-0.05, 0) is 29.8 Å². The molecule has 1 saturated heterocycles. The minimum Gasteiger partial charge on any atom is -0.497 e. The van der Waals surface area contributed by atoms with Crippen LogP contribution in [0.2, 0.25) is 10.0 Å². The number of aryl methyl sites for hydroxylation is 1. The molecule has 0 saturated carbocycles. The Balaban J connectivity index is 1.31. The van der Waals surface area contributed by atoms with Crippen molar-refractivity contribution >= 4 is 34.2 Å². The number of hydrogen-bond acceptors (Lipinski definition) is 6. The number of fused-ring (bicyclic) bond motifs is 1. The van der Waals surface area contributed by atoms with Crippen molar-refractivity contribution in [2.75, 3.05) is 20.3 Å². The number of rotatable bonds is 7. The molecule has 7 nitrogen and oxygen atoms in total. The molecule has 0 bridgehead atoms. The van der Waals surface area contributed by atoms with Gasteiger partial charge in [-0.3, -0.25) is 4.79 Å². The van der Waals surface area contributed by atoms with Crippen molar-refractivity contribution in [1.29, 1.82) is 0 Å². The molecule has 2 heterocycles. The molecule has 31 heavy (non-hydrogen) atoms. The van der Waals surface area contributed by atoms with Gasteiger partial charge in [0, 0.05) is 25.6 Å². The first-order chi connectivity index (χ1) is 15.0. The molecule has 1 aliphatic heterocycles. The molecular formula is C22H23Cl2N3O4. The molecule has 4 rings (SSSR count). The van der Waals surface area contributed by atoms with Gasteiger partial charge in [0.25, 0.3) is 5.56 Å². The van der Waals surface area contributed by atoms with E-state index in [0.29, 0.717) is 48.5 Å². The minimum atomic E-state index is -0.372. The smallest absolute Gasteiger partial charge is 0.269 e. The summed E-state index contributed by atoms with van der Waals surface area (Å²) in [6.45, 7) is 2.13. The molecule has 0 aliphatic carbocycles. The summed E-state index contributed by atoms with van der Waals surface area (Å²) in [7, 11) is 1.59. The van der Waals surface area contributed by atoms with E-state index in [1.165, 1.54) is 6.20 Å². The first-order valence-electron chi connectivity index (χ1n) is 9.97. The summed E-state index contributed by atoms with van der Waals surface area (Å²) in [5.41, 5.74) is 2.33. The second-order valence-corrected chi connectivity index (χ2v) is 8.13. The third kappa shape index (κ3) is 5.37. The predicted octanol–water partition coefficient (Wildman–Crippen LogP) is 3.63. The van der Waals surface area contributed by atoms with Crippen molar-refractivity contribution in [3.63, 3.8) is 0 Å². The van der Waals surface area contributed by atoms with Crippen molar-refractivity contribution < 1.29 is 14.2 Å². The van der Waals surface area contributed by atoms with Gasteiger partial charge >= 0.3 is 0 Å². The molecule has 0 atom stereocenters. The van der Waals surface area contributed by atoms with Crippen LogP contribution in [-0.2, 0) is 22.6 Å². The Labute approximate surface area is 189 Å². The number of hydrogen-bond donors (Lipinski definition) is 1. The Bertz CT molecular complexity index is 1110. The van der Waals surface area contributed by atoms with E-state index in [1.807, 2.05) is 30.3 Å². The molecule has 9 heteroatoms. The van der Waals surface area contributed by atoms with Crippen LogP contribution in [0.4, 0.5) is 0 Å². The van der Waals surface area contributed by atoms with Crippen molar-refractivity contribution in [3.05, 3.63) is 68.6 Å². The van der Waals surface area contributed by atoms with Crippen molar-refractivity contribution in [2.45, 2.75) is 31.8 Å². The monoisotopic (exact) mass is 463 g/mol. The van der Waals surface area contributed by atoms with E-state index in [9.17, 15) is 4.79 Å². The molecule has 1 N–H and O–H groups in total. The van der Waals surface area contributed by atoms with Crippen molar-refractivity contribution in [2.24, 2.45) is 0 Å². The molecule has 1 fully saturated rings. The quantitative estimate of drug-likeness (QED) is 0.576. The lowest BCUT2D eigenvalue weighted by molar-refractivity contribution is -0.193. The van der Waals surface area contributed by atoms with Crippen LogP contribution in [0.15, 0.2) is 47.4 Å². The van der Waals surface area contributed by atoms with E-state index < -0.39 is 0 Å². The molecule has 3 aromatic rings. The Hall–Kier alpha value is -2.16. The lowest BCUT2D eigenvalue weighted by atomic mass is 10.2. The van der Waals surface area contributed by atoms with Gasteiger partial charge in [-0.15, -0.1) is 0 Å². The van der Waals surface area contributed by atoms with Crippen LogP contribution in [0.3, 0.4) is 0 Å². The number of aromatic nitrogens is 2. The Kier molecular flexibility index (Phi) is 7.09. The molecule has 1 aliphatic rings. The van der Waals surface area contributed by atoms with Crippen LogP contribution in [0.5, 0.6) is 5.75 Å². The Morgan fingerprint density at radius 2 is 1.97 bits per heavy atom. The fraction of sp³-hybridized carbons (Fsp3) is 0.364. The highest BCUT2D eigenvalue weighted by Gasteiger charge is 2.22. The maximum Gasteiger partial charge on any atom is 0.269 e. The molecule has 0 radical (unpaired) electrons. The van der Waals surface area contributed by atoms with E-state index in [2.05, 4.69) is 10.3 Å². The van der Waals surface area contributed by atoms with E-state index in [4.69, 9.17) is 37.4 Å². The fourth-order valence-corrected chi connectivity index (χ4v) is 3.79. The van der Waals surface area contributed by atoms with Gasteiger partial charge in [0.1, 0.15) is 5.75 Å². The standard InChI is InChI=1S/C22H23Cl2N3O4/c1-29-16-3-5-19-20(9-16)27(21(28)11-26-19)7-6-22-30-12-15(13-31-22)25-10-14-2-4-17(23)18(24)8-14/h2-5,8-9,11,15,22,25H,6-7,10,12-13H2,1H3. The number of nitrogens with zero attached hydrogens (tertiary/aromatic N) is 2. The van der Waals surface area contributed by atoms with E-state index >= 15 is 0 Å². The zero-order valence-corrected chi connectivity index (χ0v) is 18.5. The van der Waals surface area contributed by atoms with Gasteiger partial charge < -0.3 is 24.1 Å². The maximum atomic E-state index is 12.4. The van der Waals surface area contributed by atoms with Gasteiger partial charge in [0.05, 0.1) is 53.6 Å². The summed E-state index contributed by atoms with van der Waals surface area (Å²) >= 11 is 12.0. The highest BCUT2D eigenvalue weighted by molar-refractivity contribution is 6.42. The zero-order valence-electron chi connectivity index (χ0n) is 17.0. The van der Waals surface area contributed by atoms with E-state index in [0.717, 1.165) is 16.6 Å². The van der Waals surface area contributed by atoms with Crippen LogP contribution in [-0.4, -0.2) is 42.2 Å². The van der Waals surface area contributed by atoms with Gasteiger partial charge in [0.2, 0.25) is 0 Å². The van der Waals surface area contributed by atoms with Crippen LogP contribution in [0.25, 0.3) is 11.0 Å². The molecular weight excluding hydrogens is 441 g/mol. The van der Waals surface area contributed by atoms with Gasteiger partial charge in [-0.2, -0.15) is 0 Å². The molecule has 1 aromatic heterocycles. The first-order valence-corrected chi connectivity index (χ1v) is 10.7. The number of benzene rings is 2. The topological polar surface area (TPSA) is 74.6 Å². The Morgan fingerprint density at radius 3 is 2.71 bits per heavy atom. The summed E-state index contributed by atoms with van der Waals surface area (Å²) in [5.74, 6) is 0.676. The number of methoxy groups -OCH3 is 1. The average molecular weight is 464 g/mol. The summed E-state index contributed by atoms with van der Waals surface area (Å²) in [6.07, 6.45) is 1.51. The summed E-state index contributed by atoms with van der Waals surface area (Å²) in [5, 5.41) is 4.47. The fourth-order valence-electron chi connectivity index (χ4n) is 3.47. The maximum absolute atomic E-state index is 12.4. The second-order valence-electron chi connectivity index (χ2n) is 7.31. The first kappa shape index (κ1) is 22.0. The molecule has 0 spiro atoms. The summed E-state index contributed by atoms with van der Waals surface area (Å²) in [4.78, 5) is 16.6. The van der Waals surface area contributed by atoms with E-state index in [1.54, 1.807) is 17.7 Å². The lowest BCUT2D eigenvalue weighted by Crippen LogP contribution is -2.44. The third-order valence-electron chi connectivity index (χ3n) is 5.19. The van der Waals surface area contributed by atoms with Crippen LogP contribution in [0.1, 0.15) is 12.0 Å². The van der Waals surface area contributed by atoms with E-state index in [-0.39, 0.29) is 17.9 Å². The van der Waals surface area contributed by atoms with Gasteiger partial charge in [-0.1, -0.05) is 29.3 Å². The molecule has 0 amide bonds. The largest absolute Gasteiger partial charge is 0.497 e. The summed E-state index contributed by atoms with van der Waals surface area (Å²) in [6, 6.07) is 11.1. The SMILES string of the molecule is COc1ccc2ncc(=O)n(CCC3OCC(NCc4ccc(Cl)c(Cl)c4)CO3)c2c1. The number of halogens is 2. The van der Waals surface area contributed by atoms with Crippen LogP contribution < -0.4 is 15.6 Å².